The fourth-order valence-electron chi connectivity index (χ4n) is 1.80. The number of esters is 2. The molecule has 2 aromatic rings. The van der Waals surface area contributed by atoms with Crippen LogP contribution in [0.4, 0.5) is 5.00 Å². The SMILES string of the molecule is CCOC(=O)c1c(-c2cccs2)csc1NC(=O)COC(C)=O. The molecule has 0 aliphatic carbocycles. The molecule has 0 saturated carbocycles. The van der Waals surface area contributed by atoms with E-state index in [9.17, 15) is 14.4 Å². The fraction of sp³-hybridized carbons (Fsp3) is 0.267. The lowest BCUT2D eigenvalue weighted by molar-refractivity contribution is -0.144. The smallest absolute Gasteiger partial charge is 0.341 e. The van der Waals surface area contributed by atoms with Gasteiger partial charge in [-0.1, -0.05) is 6.07 Å². The first-order valence-electron chi connectivity index (χ1n) is 6.78. The summed E-state index contributed by atoms with van der Waals surface area (Å²) in [6.07, 6.45) is 0. The fourth-order valence-corrected chi connectivity index (χ4v) is 3.59. The van der Waals surface area contributed by atoms with Crippen molar-refractivity contribution in [3.63, 3.8) is 0 Å². The number of rotatable bonds is 6. The summed E-state index contributed by atoms with van der Waals surface area (Å²) in [6, 6.07) is 3.77. The number of hydrogen-bond acceptors (Lipinski definition) is 7. The van der Waals surface area contributed by atoms with Gasteiger partial charge in [0, 0.05) is 22.7 Å². The molecule has 0 aliphatic rings. The van der Waals surface area contributed by atoms with Gasteiger partial charge >= 0.3 is 11.9 Å². The normalized spacial score (nSPS) is 10.2. The Morgan fingerprint density at radius 2 is 2.00 bits per heavy atom. The third-order valence-corrected chi connectivity index (χ3v) is 4.52. The molecule has 0 atom stereocenters. The quantitative estimate of drug-likeness (QED) is 0.807. The van der Waals surface area contributed by atoms with E-state index in [2.05, 4.69) is 10.1 Å². The van der Waals surface area contributed by atoms with Crippen molar-refractivity contribution in [2.75, 3.05) is 18.5 Å². The third-order valence-electron chi connectivity index (χ3n) is 2.72. The van der Waals surface area contributed by atoms with Crippen LogP contribution in [0, 0.1) is 0 Å². The molecule has 0 radical (unpaired) electrons. The second kappa shape index (κ2) is 7.89. The maximum atomic E-state index is 12.2. The summed E-state index contributed by atoms with van der Waals surface area (Å²) < 4.78 is 9.72. The van der Waals surface area contributed by atoms with Crippen molar-refractivity contribution in [1.82, 2.24) is 0 Å². The number of thiophene rings is 2. The third kappa shape index (κ3) is 4.40. The molecule has 0 aromatic carbocycles. The highest BCUT2D eigenvalue weighted by Crippen LogP contribution is 2.38. The maximum absolute atomic E-state index is 12.2. The number of ether oxygens (including phenoxy) is 2. The van der Waals surface area contributed by atoms with Gasteiger partial charge in [-0.2, -0.15) is 0 Å². The minimum atomic E-state index is -0.545. The highest BCUT2D eigenvalue weighted by Gasteiger charge is 2.23. The van der Waals surface area contributed by atoms with E-state index in [1.807, 2.05) is 17.5 Å². The molecule has 8 heteroatoms. The number of carbonyl (C=O) groups is 3. The summed E-state index contributed by atoms with van der Waals surface area (Å²) in [5, 5.41) is 6.67. The molecule has 1 amide bonds. The van der Waals surface area contributed by atoms with E-state index in [-0.39, 0.29) is 6.61 Å². The summed E-state index contributed by atoms with van der Waals surface area (Å²) in [6.45, 7) is 2.77. The first kappa shape index (κ1) is 17.2. The van der Waals surface area contributed by atoms with Gasteiger partial charge in [0.25, 0.3) is 5.91 Å². The Balaban J connectivity index is 2.27. The standard InChI is InChI=1S/C15H15NO5S2/c1-3-20-15(19)13-10(11-5-4-6-22-11)8-23-14(13)16-12(18)7-21-9(2)17/h4-6,8H,3,7H2,1-2H3,(H,16,18). The van der Waals surface area contributed by atoms with Crippen molar-refractivity contribution in [2.45, 2.75) is 13.8 Å². The number of anilines is 1. The summed E-state index contributed by atoms with van der Waals surface area (Å²) in [4.78, 5) is 35.7. The number of carbonyl (C=O) groups excluding carboxylic acids is 3. The molecule has 0 fully saturated rings. The first-order valence-corrected chi connectivity index (χ1v) is 8.54. The molecule has 23 heavy (non-hydrogen) atoms. The summed E-state index contributed by atoms with van der Waals surface area (Å²) >= 11 is 2.71. The largest absolute Gasteiger partial charge is 0.462 e. The number of nitrogens with one attached hydrogen (secondary N) is 1. The van der Waals surface area contributed by atoms with Gasteiger partial charge in [-0.3, -0.25) is 9.59 Å². The van der Waals surface area contributed by atoms with Gasteiger partial charge in [-0.25, -0.2) is 4.79 Å². The van der Waals surface area contributed by atoms with Crippen molar-refractivity contribution in [3.05, 3.63) is 28.5 Å². The van der Waals surface area contributed by atoms with Crippen LogP contribution in [-0.2, 0) is 19.1 Å². The van der Waals surface area contributed by atoms with Crippen LogP contribution in [-0.4, -0.2) is 31.1 Å². The van der Waals surface area contributed by atoms with Crippen molar-refractivity contribution < 1.29 is 23.9 Å². The molecule has 0 aliphatic heterocycles. The van der Waals surface area contributed by atoms with Crippen LogP contribution in [0.2, 0.25) is 0 Å². The second-order valence-corrected chi connectivity index (χ2v) is 6.21. The van der Waals surface area contributed by atoms with Crippen molar-refractivity contribution in [3.8, 4) is 10.4 Å². The molecule has 2 aromatic heterocycles. The van der Waals surface area contributed by atoms with Crippen LogP contribution in [0.5, 0.6) is 0 Å². The van der Waals surface area contributed by atoms with E-state index < -0.39 is 24.5 Å². The van der Waals surface area contributed by atoms with E-state index in [1.54, 1.807) is 12.3 Å². The van der Waals surface area contributed by atoms with E-state index in [4.69, 9.17) is 4.74 Å². The summed E-state index contributed by atoms with van der Waals surface area (Å²) in [5.41, 5.74) is 1.03. The zero-order valence-electron chi connectivity index (χ0n) is 12.6. The Bertz CT molecular complexity index is 706. The molecule has 2 heterocycles. The van der Waals surface area contributed by atoms with Crippen LogP contribution < -0.4 is 5.32 Å². The number of amides is 1. The Kier molecular flexibility index (Phi) is 5.89. The van der Waals surface area contributed by atoms with Gasteiger partial charge in [0.1, 0.15) is 10.6 Å². The van der Waals surface area contributed by atoms with Gasteiger partial charge in [-0.15, -0.1) is 22.7 Å². The minimum Gasteiger partial charge on any atom is -0.462 e. The molecular formula is C15H15NO5S2. The average Bonchev–Trinajstić information content (AvgIpc) is 3.14. The monoisotopic (exact) mass is 353 g/mol. The lowest BCUT2D eigenvalue weighted by Crippen LogP contribution is -2.20. The van der Waals surface area contributed by atoms with Gasteiger partial charge in [0.05, 0.1) is 6.61 Å². The predicted molar refractivity (Wildman–Crippen MR) is 88.9 cm³/mol. The summed E-state index contributed by atoms with van der Waals surface area (Å²) in [5.74, 6) is -1.55. The van der Waals surface area contributed by atoms with Gasteiger partial charge in [0.15, 0.2) is 6.61 Å². The molecule has 0 saturated heterocycles. The van der Waals surface area contributed by atoms with Gasteiger partial charge in [-0.05, 0) is 18.4 Å². The van der Waals surface area contributed by atoms with E-state index in [1.165, 1.54) is 29.6 Å². The van der Waals surface area contributed by atoms with E-state index in [0.29, 0.717) is 16.1 Å². The zero-order valence-corrected chi connectivity index (χ0v) is 14.2. The molecule has 0 unspecified atom stereocenters. The van der Waals surface area contributed by atoms with Crippen molar-refractivity contribution in [1.29, 1.82) is 0 Å². The Hall–Kier alpha value is -2.19. The van der Waals surface area contributed by atoms with Crippen LogP contribution in [0.25, 0.3) is 10.4 Å². The number of hydrogen-bond donors (Lipinski definition) is 1. The molecule has 0 spiro atoms. The lowest BCUT2D eigenvalue weighted by atomic mass is 10.1. The highest BCUT2D eigenvalue weighted by atomic mass is 32.1. The highest BCUT2D eigenvalue weighted by molar-refractivity contribution is 7.17. The van der Waals surface area contributed by atoms with Gasteiger partial charge < -0.3 is 14.8 Å². The van der Waals surface area contributed by atoms with Crippen molar-refractivity contribution >= 4 is 45.5 Å². The van der Waals surface area contributed by atoms with Crippen LogP contribution in [0.15, 0.2) is 22.9 Å². The Labute approximate surface area is 141 Å². The van der Waals surface area contributed by atoms with E-state index >= 15 is 0 Å². The Morgan fingerprint density at radius 1 is 1.22 bits per heavy atom. The molecule has 0 bridgehead atoms. The molecule has 1 N–H and O–H groups in total. The first-order chi connectivity index (χ1) is 11.0. The lowest BCUT2D eigenvalue weighted by Gasteiger charge is -2.08. The van der Waals surface area contributed by atoms with Crippen molar-refractivity contribution in [2.24, 2.45) is 0 Å². The predicted octanol–water partition coefficient (Wildman–Crippen LogP) is 3.15. The second-order valence-electron chi connectivity index (χ2n) is 4.38. The minimum absolute atomic E-state index is 0.236. The molecule has 2 rings (SSSR count). The molecule has 6 nitrogen and oxygen atoms in total. The zero-order chi connectivity index (χ0) is 16.8. The van der Waals surface area contributed by atoms with Crippen LogP contribution in [0.1, 0.15) is 24.2 Å². The van der Waals surface area contributed by atoms with Crippen LogP contribution >= 0.6 is 22.7 Å². The molecular weight excluding hydrogens is 338 g/mol. The van der Waals surface area contributed by atoms with Gasteiger partial charge in [0.2, 0.25) is 0 Å². The van der Waals surface area contributed by atoms with Crippen LogP contribution in [0.3, 0.4) is 0 Å². The maximum Gasteiger partial charge on any atom is 0.341 e. The van der Waals surface area contributed by atoms with E-state index in [0.717, 1.165) is 4.88 Å². The Morgan fingerprint density at radius 3 is 2.61 bits per heavy atom. The molecule has 122 valence electrons. The average molecular weight is 353 g/mol. The topological polar surface area (TPSA) is 81.7 Å². The summed E-state index contributed by atoms with van der Waals surface area (Å²) in [7, 11) is 0.